The molecule has 0 amide bonds. The van der Waals surface area contributed by atoms with Crippen molar-refractivity contribution in [1.82, 2.24) is 9.78 Å². The van der Waals surface area contributed by atoms with E-state index in [0.29, 0.717) is 28.1 Å². The van der Waals surface area contributed by atoms with Gasteiger partial charge >= 0.3 is 12.4 Å². The summed E-state index contributed by atoms with van der Waals surface area (Å²) < 4.78 is 84.7. The minimum absolute atomic E-state index is 0.263. The maximum absolute atomic E-state index is 14.8. The smallest absolute Gasteiger partial charge is 0.354 e. The number of benzene rings is 3. The number of halogens is 6. The monoisotopic (exact) mass is 447 g/mol. The summed E-state index contributed by atoms with van der Waals surface area (Å²) in [6, 6.07) is 17.1. The summed E-state index contributed by atoms with van der Waals surface area (Å²) in [6.45, 7) is 0. The first-order chi connectivity index (χ1) is 15.1. The van der Waals surface area contributed by atoms with Crippen LogP contribution in [0.1, 0.15) is 11.1 Å². The normalized spacial score (nSPS) is 18.3. The second-order valence-corrected chi connectivity index (χ2v) is 7.67. The fourth-order valence-corrected chi connectivity index (χ4v) is 4.22. The Morgan fingerprint density at radius 2 is 1.56 bits per heavy atom. The summed E-state index contributed by atoms with van der Waals surface area (Å²) >= 11 is 0. The van der Waals surface area contributed by atoms with Gasteiger partial charge in [0.05, 0.1) is 16.8 Å². The van der Waals surface area contributed by atoms with Crippen molar-refractivity contribution in [3.63, 3.8) is 0 Å². The Hall–Kier alpha value is -3.49. The van der Waals surface area contributed by atoms with E-state index >= 15 is 0 Å². The van der Waals surface area contributed by atoms with Crippen LogP contribution in [0.4, 0.5) is 32.0 Å². The summed E-state index contributed by atoms with van der Waals surface area (Å²) in [5.41, 5.74) is -2.48. The first-order valence-corrected chi connectivity index (χ1v) is 9.69. The largest absolute Gasteiger partial charge is 0.432 e. The van der Waals surface area contributed by atoms with E-state index in [0.717, 1.165) is 16.8 Å². The standard InChI is InChI=1S/C23H15F6N3/c24-22(25,26)15-7-5-8-16(12-15)30-21(23(27,28)29)13-14-6-1-2-9-17(14)20-18-10-3-4-11-19(18)31-32(20)21/h1-12,30H,13H2. The van der Waals surface area contributed by atoms with E-state index in [1.807, 2.05) is 0 Å². The molecule has 164 valence electrons. The first-order valence-electron chi connectivity index (χ1n) is 9.69. The Morgan fingerprint density at radius 1 is 0.844 bits per heavy atom. The van der Waals surface area contributed by atoms with Gasteiger partial charge in [-0.15, -0.1) is 0 Å². The minimum Gasteiger partial charge on any atom is -0.354 e. The Bertz CT molecular complexity index is 1320. The van der Waals surface area contributed by atoms with Crippen molar-refractivity contribution in [2.75, 3.05) is 5.32 Å². The molecule has 3 aromatic carbocycles. The molecule has 1 N–H and O–H groups in total. The van der Waals surface area contributed by atoms with Crippen LogP contribution in [0.3, 0.4) is 0 Å². The fourth-order valence-electron chi connectivity index (χ4n) is 4.22. The van der Waals surface area contributed by atoms with Crippen molar-refractivity contribution in [2.24, 2.45) is 0 Å². The fraction of sp³-hybridized carbons (Fsp3) is 0.174. The third kappa shape index (κ3) is 3.03. The molecule has 3 nitrogen and oxygen atoms in total. The van der Waals surface area contributed by atoms with Gasteiger partial charge in [0.1, 0.15) is 0 Å². The van der Waals surface area contributed by atoms with Gasteiger partial charge in [-0.2, -0.15) is 31.4 Å². The molecular formula is C23H15F6N3. The molecule has 4 aromatic rings. The van der Waals surface area contributed by atoms with Crippen molar-refractivity contribution in [2.45, 2.75) is 24.4 Å². The maximum atomic E-state index is 14.8. The highest BCUT2D eigenvalue weighted by Gasteiger charge is 2.60. The quantitative estimate of drug-likeness (QED) is 0.351. The number of rotatable bonds is 2. The lowest BCUT2D eigenvalue weighted by molar-refractivity contribution is -0.208. The molecule has 32 heavy (non-hydrogen) atoms. The zero-order valence-corrected chi connectivity index (χ0v) is 16.3. The molecule has 1 aliphatic rings. The number of hydrogen-bond acceptors (Lipinski definition) is 2. The van der Waals surface area contributed by atoms with E-state index in [4.69, 9.17) is 0 Å². The Labute approximate surface area is 178 Å². The summed E-state index contributed by atoms with van der Waals surface area (Å²) in [4.78, 5) is 0. The molecule has 0 aliphatic carbocycles. The Morgan fingerprint density at radius 3 is 2.31 bits per heavy atom. The van der Waals surface area contributed by atoms with Crippen molar-refractivity contribution in [3.05, 3.63) is 83.9 Å². The van der Waals surface area contributed by atoms with E-state index in [9.17, 15) is 26.3 Å². The van der Waals surface area contributed by atoms with E-state index in [-0.39, 0.29) is 11.4 Å². The van der Waals surface area contributed by atoms with Gasteiger partial charge in [0.25, 0.3) is 0 Å². The summed E-state index contributed by atoms with van der Waals surface area (Å²) in [6.07, 6.45) is -10.1. The molecule has 0 fully saturated rings. The van der Waals surface area contributed by atoms with Gasteiger partial charge in [-0.25, -0.2) is 4.68 Å². The molecule has 1 atom stereocenters. The Kier molecular flexibility index (Phi) is 4.31. The van der Waals surface area contributed by atoms with Gasteiger partial charge in [0.15, 0.2) is 0 Å². The molecule has 1 unspecified atom stereocenters. The van der Waals surface area contributed by atoms with Crippen LogP contribution < -0.4 is 5.32 Å². The zero-order valence-electron chi connectivity index (χ0n) is 16.3. The van der Waals surface area contributed by atoms with Crippen LogP contribution >= 0.6 is 0 Å². The van der Waals surface area contributed by atoms with Crippen LogP contribution in [0.5, 0.6) is 0 Å². The number of alkyl halides is 6. The average molecular weight is 447 g/mol. The third-order valence-corrected chi connectivity index (χ3v) is 5.67. The van der Waals surface area contributed by atoms with E-state index < -0.39 is 30.0 Å². The number of hydrogen-bond donors (Lipinski definition) is 1. The SMILES string of the molecule is FC(F)(F)c1cccc(NC2(C(F)(F)F)Cc3ccccc3-c3c4ccccc4nn32)c1. The van der Waals surface area contributed by atoms with Crippen molar-refractivity contribution in [1.29, 1.82) is 0 Å². The highest BCUT2D eigenvalue weighted by Crippen LogP contribution is 2.49. The maximum Gasteiger partial charge on any atom is 0.432 e. The molecule has 0 saturated heterocycles. The highest BCUT2D eigenvalue weighted by atomic mass is 19.4. The number of fused-ring (bicyclic) bond motifs is 5. The highest BCUT2D eigenvalue weighted by molar-refractivity contribution is 5.95. The van der Waals surface area contributed by atoms with Crippen LogP contribution in [0.15, 0.2) is 72.8 Å². The molecule has 0 radical (unpaired) electrons. The van der Waals surface area contributed by atoms with E-state index in [2.05, 4.69) is 10.4 Å². The van der Waals surface area contributed by atoms with Gasteiger partial charge in [-0.3, -0.25) is 0 Å². The number of nitrogens with one attached hydrogen (secondary N) is 1. The predicted octanol–water partition coefficient (Wildman–Crippen LogP) is 6.61. The lowest BCUT2D eigenvalue weighted by Crippen LogP contribution is -2.57. The third-order valence-electron chi connectivity index (χ3n) is 5.67. The molecule has 2 heterocycles. The van der Waals surface area contributed by atoms with Crippen LogP contribution in [-0.2, 0) is 18.3 Å². The lowest BCUT2D eigenvalue weighted by atomic mass is 9.88. The van der Waals surface area contributed by atoms with E-state index in [1.165, 1.54) is 6.07 Å². The molecular weight excluding hydrogens is 432 g/mol. The molecule has 0 bridgehead atoms. The predicted molar refractivity (Wildman–Crippen MR) is 108 cm³/mol. The number of anilines is 1. The molecule has 5 rings (SSSR count). The summed E-state index contributed by atoms with van der Waals surface area (Å²) in [7, 11) is 0. The molecule has 1 aromatic heterocycles. The number of nitrogens with zero attached hydrogens (tertiary/aromatic N) is 2. The van der Waals surface area contributed by atoms with Gasteiger partial charge in [-0.05, 0) is 29.8 Å². The van der Waals surface area contributed by atoms with Crippen LogP contribution in [0.2, 0.25) is 0 Å². The zero-order chi connectivity index (χ0) is 22.7. The van der Waals surface area contributed by atoms with Gasteiger partial charge in [0.2, 0.25) is 5.66 Å². The van der Waals surface area contributed by atoms with Crippen LogP contribution in [0.25, 0.3) is 22.2 Å². The minimum atomic E-state index is -4.88. The summed E-state index contributed by atoms with van der Waals surface area (Å²) in [5.74, 6) is 0. The first kappa shape index (κ1) is 20.4. The van der Waals surface area contributed by atoms with Crippen molar-refractivity contribution in [3.8, 4) is 11.3 Å². The topological polar surface area (TPSA) is 29.9 Å². The molecule has 0 saturated carbocycles. The van der Waals surface area contributed by atoms with Gasteiger partial charge in [0, 0.05) is 23.1 Å². The molecule has 9 heteroatoms. The van der Waals surface area contributed by atoms with Crippen molar-refractivity contribution >= 4 is 16.6 Å². The molecule has 0 spiro atoms. The lowest BCUT2D eigenvalue weighted by Gasteiger charge is -2.42. The van der Waals surface area contributed by atoms with Crippen LogP contribution in [-0.4, -0.2) is 16.0 Å². The average Bonchev–Trinajstić information content (AvgIpc) is 3.13. The van der Waals surface area contributed by atoms with Gasteiger partial charge < -0.3 is 5.32 Å². The number of aromatic nitrogens is 2. The van der Waals surface area contributed by atoms with Crippen molar-refractivity contribution < 1.29 is 26.3 Å². The second kappa shape index (κ2) is 6.75. The summed E-state index contributed by atoms with van der Waals surface area (Å²) in [5, 5.41) is 7.16. The van der Waals surface area contributed by atoms with E-state index in [1.54, 1.807) is 48.5 Å². The Balaban J connectivity index is 1.77. The van der Waals surface area contributed by atoms with Crippen LogP contribution in [0, 0.1) is 0 Å². The van der Waals surface area contributed by atoms with Gasteiger partial charge in [-0.1, -0.05) is 48.5 Å². The molecule has 1 aliphatic heterocycles. The second-order valence-electron chi connectivity index (χ2n) is 7.67.